The molecule has 7 heteroatoms. The van der Waals surface area contributed by atoms with Gasteiger partial charge >= 0.3 is 0 Å². The van der Waals surface area contributed by atoms with Gasteiger partial charge in [0.15, 0.2) is 0 Å². The Morgan fingerprint density at radius 3 is 2.78 bits per heavy atom. The first-order valence-electron chi connectivity index (χ1n) is 11.3. The van der Waals surface area contributed by atoms with Crippen molar-refractivity contribution in [1.82, 2.24) is 19.8 Å². The first-order chi connectivity index (χ1) is 15.5. The van der Waals surface area contributed by atoms with Crippen LogP contribution in [0.3, 0.4) is 0 Å². The van der Waals surface area contributed by atoms with Gasteiger partial charge in [-0.25, -0.2) is 4.98 Å². The maximum atomic E-state index is 13.4. The number of aryl methyl sites for hydroxylation is 1. The average Bonchev–Trinajstić information content (AvgIpc) is 3.51. The van der Waals surface area contributed by atoms with Gasteiger partial charge in [0.2, 0.25) is 0 Å². The fraction of sp³-hybridized carbons (Fsp3) is 0.400. The van der Waals surface area contributed by atoms with Crippen molar-refractivity contribution in [2.45, 2.75) is 44.7 Å². The van der Waals surface area contributed by atoms with E-state index in [-0.39, 0.29) is 17.5 Å². The molecule has 2 aromatic carbocycles. The van der Waals surface area contributed by atoms with Crippen LogP contribution in [-0.2, 0) is 0 Å². The number of benzene rings is 2. The first kappa shape index (κ1) is 20.7. The number of rotatable bonds is 6. The van der Waals surface area contributed by atoms with Crippen LogP contribution in [-0.4, -0.2) is 52.6 Å². The second kappa shape index (κ2) is 8.39. The first-order valence-corrected chi connectivity index (χ1v) is 11.3. The van der Waals surface area contributed by atoms with Gasteiger partial charge in [0.25, 0.3) is 11.5 Å². The molecule has 1 aromatic heterocycles. The Kier molecular flexibility index (Phi) is 5.43. The Bertz CT molecular complexity index is 1230. The van der Waals surface area contributed by atoms with Crippen molar-refractivity contribution in [3.05, 3.63) is 64.2 Å². The molecule has 1 aliphatic heterocycles. The lowest BCUT2D eigenvalue weighted by Crippen LogP contribution is -2.30. The number of likely N-dealkylation sites (N-methyl/N-ethyl adjacent to an activating group) is 1. The summed E-state index contributed by atoms with van der Waals surface area (Å²) in [6.45, 7) is 3.62. The van der Waals surface area contributed by atoms with Crippen LogP contribution in [0.25, 0.3) is 16.6 Å². The zero-order chi connectivity index (χ0) is 22.2. The molecule has 1 unspecified atom stereocenters. The lowest BCUT2D eigenvalue weighted by atomic mass is 10.1. The predicted octanol–water partition coefficient (Wildman–Crippen LogP) is 3.06. The largest absolute Gasteiger partial charge is 0.492 e. The number of nitrogens with one attached hydrogen (secondary N) is 1. The molecule has 0 bridgehead atoms. The molecule has 7 nitrogen and oxygen atoms in total. The number of hydrogen-bond donors (Lipinski definition) is 1. The lowest BCUT2D eigenvalue weighted by Gasteiger charge is -2.19. The van der Waals surface area contributed by atoms with E-state index in [1.54, 1.807) is 18.2 Å². The van der Waals surface area contributed by atoms with E-state index in [0.29, 0.717) is 40.6 Å². The summed E-state index contributed by atoms with van der Waals surface area (Å²) < 4.78 is 7.53. The Hall–Kier alpha value is -3.19. The number of hydrogen-bond acceptors (Lipinski definition) is 5. The molecule has 0 spiro atoms. The van der Waals surface area contributed by atoms with E-state index in [1.807, 2.05) is 25.1 Å². The summed E-state index contributed by atoms with van der Waals surface area (Å²) in [6, 6.07) is 11.6. The van der Waals surface area contributed by atoms with Gasteiger partial charge in [0.1, 0.15) is 18.7 Å². The smallest absolute Gasteiger partial charge is 0.265 e. The molecule has 5 rings (SSSR count). The molecule has 2 aliphatic rings. The summed E-state index contributed by atoms with van der Waals surface area (Å²) in [7, 11) is 2.12. The summed E-state index contributed by atoms with van der Waals surface area (Å²) in [4.78, 5) is 32.7. The molecule has 2 fully saturated rings. The summed E-state index contributed by atoms with van der Waals surface area (Å²) >= 11 is 0. The van der Waals surface area contributed by atoms with Crippen LogP contribution >= 0.6 is 0 Å². The maximum absolute atomic E-state index is 13.4. The molecule has 2 heterocycles. The van der Waals surface area contributed by atoms with Crippen molar-refractivity contribution in [2.24, 2.45) is 0 Å². The van der Waals surface area contributed by atoms with E-state index in [1.165, 1.54) is 17.3 Å². The summed E-state index contributed by atoms with van der Waals surface area (Å²) in [5.41, 5.74) is 2.54. The molecule has 0 radical (unpaired) electrons. The van der Waals surface area contributed by atoms with Crippen molar-refractivity contribution >= 4 is 16.8 Å². The van der Waals surface area contributed by atoms with E-state index >= 15 is 0 Å². The van der Waals surface area contributed by atoms with E-state index in [0.717, 1.165) is 31.4 Å². The number of fused-ring (bicyclic) bond motifs is 1. The van der Waals surface area contributed by atoms with E-state index in [9.17, 15) is 9.59 Å². The number of ether oxygens (including phenoxy) is 1. The highest BCUT2D eigenvalue weighted by atomic mass is 16.5. The van der Waals surface area contributed by atoms with Gasteiger partial charge in [-0.3, -0.25) is 14.2 Å². The minimum atomic E-state index is -0.179. The van der Waals surface area contributed by atoms with Crippen molar-refractivity contribution in [1.29, 1.82) is 0 Å². The van der Waals surface area contributed by atoms with Crippen molar-refractivity contribution in [3.63, 3.8) is 0 Å². The Morgan fingerprint density at radius 2 is 2.03 bits per heavy atom. The fourth-order valence-corrected chi connectivity index (χ4v) is 4.25. The average molecular weight is 433 g/mol. The van der Waals surface area contributed by atoms with Gasteiger partial charge in [-0.1, -0.05) is 6.07 Å². The SMILES string of the molecule is Cc1ccc(C(=O)NC2CC2)cc1-n1cnc2ccc(OCC3CCCN3C)cc2c1=O. The van der Waals surface area contributed by atoms with Crippen molar-refractivity contribution < 1.29 is 9.53 Å². The Balaban J connectivity index is 1.46. The van der Waals surface area contributed by atoms with Crippen LogP contribution in [0.15, 0.2) is 47.5 Å². The molecule has 32 heavy (non-hydrogen) atoms. The number of amides is 1. The van der Waals surface area contributed by atoms with E-state index in [2.05, 4.69) is 22.2 Å². The Labute approximate surface area is 187 Å². The minimum Gasteiger partial charge on any atom is -0.492 e. The molecular weight excluding hydrogens is 404 g/mol. The second-order valence-electron chi connectivity index (χ2n) is 8.94. The van der Waals surface area contributed by atoms with Gasteiger partial charge in [-0.15, -0.1) is 0 Å². The third-order valence-electron chi connectivity index (χ3n) is 6.49. The van der Waals surface area contributed by atoms with Crippen molar-refractivity contribution in [3.8, 4) is 11.4 Å². The van der Waals surface area contributed by atoms with Gasteiger partial charge in [-0.2, -0.15) is 0 Å². The number of aromatic nitrogens is 2. The minimum absolute atomic E-state index is 0.108. The van der Waals surface area contributed by atoms with Crippen molar-refractivity contribution in [2.75, 3.05) is 20.2 Å². The molecule has 1 N–H and O–H groups in total. The number of nitrogens with zero attached hydrogens (tertiary/aromatic N) is 3. The maximum Gasteiger partial charge on any atom is 0.265 e. The summed E-state index contributed by atoms with van der Waals surface area (Å²) in [6.07, 6.45) is 5.90. The second-order valence-corrected chi connectivity index (χ2v) is 8.94. The standard InChI is InChI=1S/C25H28N4O3/c1-16-5-6-17(24(30)27-18-7-8-18)12-23(16)29-15-26-22-10-9-20(13-21(22)25(29)31)32-14-19-4-3-11-28(19)2/h5-6,9-10,12-13,15,18-19H,3-4,7-8,11,14H2,1-2H3,(H,27,30). The molecule has 1 amide bonds. The quantitative estimate of drug-likeness (QED) is 0.648. The monoisotopic (exact) mass is 432 g/mol. The highest BCUT2D eigenvalue weighted by molar-refractivity contribution is 5.95. The van der Waals surface area contributed by atoms with Gasteiger partial charge < -0.3 is 15.0 Å². The molecule has 3 aromatic rings. The number of carbonyl (C=O) groups excluding carboxylic acids is 1. The molecule has 166 valence electrons. The van der Waals surface area contributed by atoms with Crippen LogP contribution in [0.2, 0.25) is 0 Å². The molecule has 1 aliphatic carbocycles. The highest BCUT2D eigenvalue weighted by Gasteiger charge is 2.24. The third kappa shape index (κ3) is 4.12. The number of likely N-dealkylation sites (tertiary alicyclic amines) is 1. The molecule has 1 saturated heterocycles. The van der Waals surface area contributed by atoms with Crippen LogP contribution in [0, 0.1) is 6.92 Å². The van der Waals surface area contributed by atoms with Crippen LogP contribution in [0.5, 0.6) is 5.75 Å². The topological polar surface area (TPSA) is 76.5 Å². The van der Waals surface area contributed by atoms with Gasteiger partial charge in [0.05, 0.1) is 16.6 Å². The number of carbonyl (C=O) groups is 1. The predicted molar refractivity (Wildman–Crippen MR) is 124 cm³/mol. The van der Waals surface area contributed by atoms with E-state index in [4.69, 9.17) is 4.74 Å². The summed E-state index contributed by atoms with van der Waals surface area (Å²) in [5.74, 6) is 0.562. The Morgan fingerprint density at radius 1 is 1.19 bits per heavy atom. The zero-order valence-corrected chi connectivity index (χ0v) is 18.5. The third-order valence-corrected chi connectivity index (χ3v) is 6.49. The van der Waals surface area contributed by atoms with Crippen LogP contribution in [0.4, 0.5) is 0 Å². The zero-order valence-electron chi connectivity index (χ0n) is 18.5. The normalized spacial score (nSPS) is 18.8. The molecular formula is C25H28N4O3. The van der Waals surface area contributed by atoms with Crippen LogP contribution in [0.1, 0.15) is 41.6 Å². The molecule has 1 atom stereocenters. The fourth-order valence-electron chi connectivity index (χ4n) is 4.25. The summed E-state index contributed by atoms with van der Waals surface area (Å²) in [5, 5.41) is 3.50. The van der Waals surface area contributed by atoms with E-state index < -0.39 is 0 Å². The molecule has 1 saturated carbocycles. The van der Waals surface area contributed by atoms with Gasteiger partial charge in [-0.05, 0) is 82.1 Å². The highest BCUT2D eigenvalue weighted by Crippen LogP contribution is 2.23. The lowest BCUT2D eigenvalue weighted by molar-refractivity contribution is 0.0951. The van der Waals surface area contributed by atoms with Gasteiger partial charge in [0, 0.05) is 17.6 Å². The van der Waals surface area contributed by atoms with Crippen LogP contribution < -0.4 is 15.6 Å².